The molecule has 0 spiro atoms. The summed E-state index contributed by atoms with van der Waals surface area (Å²) in [6.45, 7) is 2.69. The molecule has 1 heterocycles. The summed E-state index contributed by atoms with van der Waals surface area (Å²) in [4.78, 5) is 27.3. The van der Waals surface area contributed by atoms with Gasteiger partial charge in [-0.15, -0.1) is 0 Å². The second kappa shape index (κ2) is 9.45. The van der Waals surface area contributed by atoms with Crippen LogP contribution in [0.2, 0.25) is 0 Å². The molecule has 0 aliphatic carbocycles. The summed E-state index contributed by atoms with van der Waals surface area (Å²) in [5, 5.41) is 0. The van der Waals surface area contributed by atoms with Crippen molar-refractivity contribution in [2.45, 2.75) is 44.9 Å². The van der Waals surface area contributed by atoms with Crippen LogP contribution in [0.5, 0.6) is 5.75 Å². The molecule has 2 aromatic carbocycles. The number of rotatable bonds is 7. The summed E-state index contributed by atoms with van der Waals surface area (Å²) in [7, 11) is 1.59. The van der Waals surface area contributed by atoms with E-state index >= 15 is 0 Å². The molecule has 0 bridgehead atoms. The Labute approximate surface area is 171 Å². The molecule has 154 valence electrons. The van der Waals surface area contributed by atoms with Gasteiger partial charge in [-0.25, -0.2) is 9.59 Å². The van der Waals surface area contributed by atoms with E-state index in [0.29, 0.717) is 25.1 Å². The molecule has 2 aromatic rings. The highest BCUT2D eigenvalue weighted by molar-refractivity contribution is 5.86. The van der Waals surface area contributed by atoms with Crippen molar-refractivity contribution in [3.8, 4) is 5.75 Å². The van der Waals surface area contributed by atoms with Crippen LogP contribution in [-0.4, -0.2) is 36.2 Å². The fraction of sp³-hybridized carbons (Fsp3) is 0.391. The Hall–Kier alpha value is -3.02. The van der Waals surface area contributed by atoms with Gasteiger partial charge in [0.15, 0.2) is 0 Å². The summed E-state index contributed by atoms with van der Waals surface area (Å²) in [6, 6.07) is 16.9. The average Bonchev–Trinajstić information content (AvgIpc) is 3.22. The molecule has 1 amide bonds. The van der Waals surface area contributed by atoms with E-state index in [1.807, 2.05) is 61.5 Å². The number of ether oxygens (including phenoxy) is 3. The van der Waals surface area contributed by atoms with Crippen molar-refractivity contribution in [3.63, 3.8) is 0 Å². The van der Waals surface area contributed by atoms with Gasteiger partial charge in [0.1, 0.15) is 24.5 Å². The Balaban J connectivity index is 1.65. The van der Waals surface area contributed by atoms with Gasteiger partial charge in [0, 0.05) is 6.54 Å². The van der Waals surface area contributed by atoms with E-state index in [4.69, 9.17) is 14.2 Å². The zero-order chi connectivity index (χ0) is 20.7. The second-order valence-corrected chi connectivity index (χ2v) is 7.11. The molecule has 0 radical (unpaired) electrons. The molecular weight excluding hydrogens is 370 g/mol. The monoisotopic (exact) mass is 397 g/mol. The average molecular weight is 397 g/mol. The quantitative estimate of drug-likeness (QED) is 0.651. The molecule has 29 heavy (non-hydrogen) atoms. The summed E-state index contributed by atoms with van der Waals surface area (Å²) in [5.41, 5.74) is 0.759. The van der Waals surface area contributed by atoms with Crippen LogP contribution in [0, 0.1) is 0 Å². The second-order valence-electron chi connectivity index (χ2n) is 7.11. The van der Waals surface area contributed by atoms with Gasteiger partial charge in [0.05, 0.1) is 7.11 Å². The maximum atomic E-state index is 13.0. The molecule has 1 aliphatic rings. The smallest absolute Gasteiger partial charge is 0.411 e. The zero-order valence-corrected chi connectivity index (χ0v) is 16.9. The lowest BCUT2D eigenvalue weighted by Gasteiger charge is -2.34. The van der Waals surface area contributed by atoms with Gasteiger partial charge in [0.2, 0.25) is 0 Å². The molecule has 0 N–H and O–H groups in total. The minimum Gasteiger partial charge on any atom is -0.497 e. The summed E-state index contributed by atoms with van der Waals surface area (Å²) >= 11 is 0. The Kier molecular flexibility index (Phi) is 6.75. The van der Waals surface area contributed by atoms with Gasteiger partial charge in [-0.3, -0.25) is 4.90 Å². The summed E-state index contributed by atoms with van der Waals surface area (Å²) in [5.74, 6) is 0.313. The lowest BCUT2D eigenvalue weighted by molar-refractivity contribution is -0.157. The molecule has 1 atom stereocenters. The van der Waals surface area contributed by atoms with Gasteiger partial charge in [-0.2, -0.15) is 0 Å². The first-order chi connectivity index (χ1) is 14.1. The number of hydrogen-bond donors (Lipinski definition) is 0. The number of benzene rings is 2. The third-order valence-electron chi connectivity index (χ3n) is 5.38. The number of amides is 1. The highest BCUT2D eigenvalue weighted by Gasteiger charge is 2.50. The van der Waals surface area contributed by atoms with E-state index in [-0.39, 0.29) is 13.2 Å². The molecule has 3 rings (SSSR count). The molecule has 0 aromatic heterocycles. The SMILES string of the molecule is CCC1(C(=O)OCc2cccc(OC)c2)CCCN1C(=O)OCc1ccccc1. The van der Waals surface area contributed by atoms with E-state index in [1.165, 1.54) is 4.90 Å². The Morgan fingerprint density at radius 3 is 2.45 bits per heavy atom. The fourth-order valence-corrected chi connectivity index (χ4v) is 3.71. The zero-order valence-electron chi connectivity index (χ0n) is 16.9. The first-order valence-electron chi connectivity index (χ1n) is 9.87. The van der Waals surface area contributed by atoms with E-state index < -0.39 is 17.6 Å². The Morgan fingerprint density at radius 2 is 1.72 bits per heavy atom. The van der Waals surface area contributed by atoms with Gasteiger partial charge < -0.3 is 14.2 Å². The van der Waals surface area contributed by atoms with Crippen molar-refractivity contribution in [3.05, 3.63) is 65.7 Å². The lowest BCUT2D eigenvalue weighted by Crippen LogP contribution is -2.53. The van der Waals surface area contributed by atoms with Crippen molar-refractivity contribution >= 4 is 12.1 Å². The van der Waals surface area contributed by atoms with E-state index in [2.05, 4.69) is 0 Å². The molecule has 1 aliphatic heterocycles. The van der Waals surface area contributed by atoms with Crippen LogP contribution < -0.4 is 4.74 Å². The number of nitrogens with zero attached hydrogens (tertiary/aromatic N) is 1. The number of carbonyl (C=O) groups is 2. The lowest BCUT2D eigenvalue weighted by atomic mass is 9.93. The number of esters is 1. The third-order valence-corrected chi connectivity index (χ3v) is 5.38. The van der Waals surface area contributed by atoms with Crippen LogP contribution >= 0.6 is 0 Å². The van der Waals surface area contributed by atoms with Crippen molar-refractivity contribution in [2.75, 3.05) is 13.7 Å². The van der Waals surface area contributed by atoms with E-state index in [9.17, 15) is 9.59 Å². The van der Waals surface area contributed by atoms with Gasteiger partial charge in [-0.1, -0.05) is 49.4 Å². The Bertz CT molecular complexity index is 838. The van der Waals surface area contributed by atoms with Crippen LogP contribution in [-0.2, 0) is 27.5 Å². The first kappa shape index (κ1) is 20.7. The van der Waals surface area contributed by atoms with Gasteiger partial charge >= 0.3 is 12.1 Å². The Morgan fingerprint density at radius 1 is 1.00 bits per heavy atom. The van der Waals surface area contributed by atoms with Crippen molar-refractivity contribution in [1.29, 1.82) is 0 Å². The minimum absolute atomic E-state index is 0.130. The van der Waals surface area contributed by atoms with Crippen LogP contribution in [0.1, 0.15) is 37.3 Å². The number of hydrogen-bond acceptors (Lipinski definition) is 5. The number of likely N-dealkylation sites (tertiary alicyclic amines) is 1. The maximum Gasteiger partial charge on any atom is 0.411 e. The summed E-state index contributed by atoms with van der Waals surface area (Å²) < 4.78 is 16.3. The van der Waals surface area contributed by atoms with E-state index in [1.54, 1.807) is 7.11 Å². The van der Waals surface area contributed by atoms with Crippen molar-refractivity contribution in [1.82, 2.24) is 4.90 Å². The predicted octanol–water partition coefficient (Wildman–Crippen LogP) is 4.32. The van der Waals surface area contributed by atoms with Crippen LogP contribution in [0.25, 0.3) is 0 Å². The number of methoxy groups -OCH3 is 1. The van der Waals surface area contributed by atoms with Crippen molar-refractivity contribution < 1.29 is 23.8 Å². The highest BCUT2D eigenvalue weighted by atomic mass is 16.6. The van der Waals surface area contributed by atoms with Crippen LogP contribution in [0.4, 0.5) is 4.79 Å². The van der Waals surface area contributed by atoms with E-state index in [0.717, 1.165) is 17.5 Å². The van der Waals surface area contributed by atoms with Crippen LogP contribution in [0.15, 0.2) is 54.6 Å². The van der Waals surface area contributed by atoms with Crippen molar-refractivity contribution in [2.24, 2.45) is 0 Å². The van der Waals surface area contributed by atoms with Crippen LogP contribution in [0.3, 0.4) is 0 Å². The third kappa shape index (κ3) is 4.70. The molecule has 6 heteroatoms. The fourth-order valence-electron chi connectivity index (χ4n) is 3.71. The molecular formula is C23H27NO5. The normalized spacial score (nSPS) is 18.3. The predicted molar refractivity (Wildman–Crippen MR) is 108 cm³/mol. The van der Waals surface area contributed by atoms with Gasteiger partial charge in [-0.05, 0) is 42.5 Å². The topological polar surface area (TPSA) is 65.1 Å². The maximum absolute atomic E-state index is 13.0. The minimum atomic E-state index is -0.980. The number of carbonyl (C=O) groups excluding carboxylic acids is 2. The molecule has 6 nitrogen and oxygen atoms in total. The first-order valence-corrected chi connectivity index (χ1v) is 9.87. The summed E-state index contributed by atoms with van der Waals surface area (Å²) in [6.07, 6.45) is 1.31. The molecule has 1 saturated heterocycles. The largest absolute Gasteiger partial charge is 0.497 e. The molecule has 0 saturated carbocycles. The standard InChI is InChI=1S/C23H27NO5/c1-3-23(21(25)28-17-19-11-7-12-20(15-19)27-2)13-8-14-24(23)22(26)29-16-18-9-5-4-6-10-18/h4-7,9-12,15H,3,8,13-14,16-17H2,1-2H3. The highest BCUT2D eigenvalue weighted by Crippen LogP contribution is 2.35. The van der Waals surface area contributed by atoms with Gasteiger partial charge in [0.25, 0.3) is 0 Å². The molecule has 1 fully saturated rings. The molecule has 1 unspecified atom stereocenters.